The van der Waals surface area contributed by atoms with E-state index in [4.69, 9.17) is 0 Å². The van der Waals surface area contributed by atoms with Crippen LogP contribution in [0.2, 0.25) is 0 Å². The van der Waals surface area contributed by atoms with Gasteiger partial charge < -0.3 is 9.88 Å². The predicted molar refractivity (Wildman–Crippen MR) is 89.7 cm³/mol. The Morgan fingerprint density at radius 2 is 2.05 bits per heavy atom. The van der Waals surface area contributed by atoms with Gasteiger partial charge in [0, 0.05) is 31.3 Å². The number of nitrogens with zero attached hydrogens (tertiary/aromatic N) is 2. The van der Waals surface area contributed by atoms with Crippen LogP contribution in [0.15, 0.2) is 36.7 Å². The molecule has 1 atom stereocenters. The third kappa shape index (κ3) is 3.97. The number of aromatic nitrogens is 2. The van der Waals surface area contributed by atoms with Gasteiger partial charge in [0.25, 0.3) is 0 Å². The van der Waals surface area contributed by atoms with Gasteiger partial charge in [0.2, 0.25) is 5.91 Å². The van der Waals surface area contributed by atoms with Gasteiger partial charge in [0.15, 0.2) is 0 Å². The summed E-state index contributed by atoms with van der Waals surface area (Å²) >= 11 is 0. The Kier molecular flexibility index (Phi) is 5.75. The van der Waals surface area contributed by atoms with Crippen LogP contribution >= 0.6 is 0 Å². The fraction of sp³-hybridized carbons (Fsp3) is 0.444. The molecule has 4 nitrogen and oxygen atoms in total. The summed E-state index contributed by atoms with van der Waals surface area (Å²) in [5.74, 6) is 0.451. The average molecular weight is 299 g/mol. The van der Waals surface area contributed by atoms with E-state index >= 15 is 0 Å². The zero-order valence-corrected chi connectivity index (χ0v) is 13.7. The minimum absolute atomic E-state index is 0.00607. The highest BCUT2D eigenvalue weighted by Crippen LogP contribution is 2.30. The third-order valence-electron chi connectivity index (χ3n) is 3.84. The first-order valence-corrected chi connectivity index (χ1v) is 7.98. The molecule has 0 bridgehead atoms. The number of benzene rings is 1. The monoisotopic (exact) mass is 299 g/mol. The second-order valence-corrected chi connectivity index (χ2v) is 5.71. The molecule has 0 saturated carbocycles. The van der Waals surface area contributed by atoms with E-state index in [0.29, 0.717) is 12.5 Å². The predicted octanol–water partition coefficient (Wildman–Crippen LogP) is 3.59. The van der Waals surface area contributed by atoms with Crippen molar-refractivity contribution in [1.82, 2.24) is 14.9 Å². The van der Waals surface area contributed by atoms with Crippen LogP contribution in [0.25, 0.3) is 11.3 Å². The molecule has 0 fully saturated rings. The molecule has 2 aromatic rings. The van der Waals surface area contributed by atoms with E-state index in [9.17, 15) is 4.79 Å². The minimum atomic E-state index is 0.00607. The number of hydrogen-bond donors (Lipinski definition) is 1. The minimum Gasteiger partial charge on any atom is -0.355 e. The van der Waals surface area contributed by atoms with E-state index in [1.54, 1.807) is 6.92 Å². The van der Waals surface area contributed by atoms with Crippen LogP contribution in [0.5, 0.6) is 0 Å². The maximum Gasteiger partial charge on any atom is 0.216 e. The van der Waals surface area contributed by atoms with Crippen LogP contribution in [-0.4, -0.2) is 22.0 Å². The summed E-state index contributed by atoms with van der Waals surface area (Å²) in [6, 6.07) is 10.3. The number of amides is 1. The van der Waals surface area contributed by atoms with Gasteiger partial charge >= 0.3 is 0 Å². The molecular weight excluding hydrogens is 274 g/mol. The fourth-order valence-corrected chi connectivity index (χ4v) is 2.83. The molecule has 0 aliphatic carbocycles. The summed E-state index contributed by atoms with van der Waals surface area (Å²) in [4.78, 5) is 15.7. The summed E-state index contributed by atoms with van der Waals surface area (Å²) in [5, 5.41) is 2.85. The van der Waals surface area contributed by atoms with Crippen LogP contribution in [0.1, 0.15) is 45.2 Å². The lowest BCUT2D eigenvalue weighted by Crippen LogP contribution is -2.25. The lowest BCUT2D eigenvalue weighted by atomic mass is 9.97. The van der Waals surface area contributed by atoms with E-state index in [1.165, 1.54) is 5.69 Å². The molecule has 0 radical (unpaired) electrons. The zero-order valence-electron chi connectivity index (χ0n) is 13.7. The zero-order chi connectivity index (χ0) is 15.9. The van der Waals surface area contributed by atoms with Crippen LogP contribution in [0.4, 0.5) is 0 Å². The van der Waals surface area contributed by atoms with Gasteiger partial charge in [-0.1, -0.05) is 50.6 Å². The molecule has 1 aromatic carbocycles. The van der Waals surface area contributed by atoms with Crippen molar-refractivity contribution in [1.29, 1.82) is 0 Å². The third-order valence-corrected chi connectivity index (χ3v) is 3.84. The molecule has 22 heavy (non-hydrogen) atoms. The highest BCUT2D eigenvalue weighted by molar-refractivity contribution is 5.72. The second kappa shape index (κ2) is 7.78. The normalized spacial score (nSPS) is 12.1. The molecular formula is C18H25N3O. The van der Waals surface area contributed by atoms with Crippen molar-refractivity contribution in [3.63, 3.8) is 0 Å². The highest BCUT2D eigenvalue weighted by Gasteiger charge is 2.18. The second-order valence-electron chi connectivity index (χ2n) is 5.71. The summed E-state index contributed by atoms with van der Waals surface area (Å²) < 4.78 is 2.18. The summed E-state index contributed by atoms with van der Waals surface area (Å²) in [6.45, 7) is 7.39. The highest BCUT2D eigenvalue weighted by atomic mass is 16.1. The number of carbonyl (C=O) groups excluding carboxylic acids is 1. The molecule has 0 spiro atoms. The van der Waals surface area contributed by atoms with Crippen LogP contribution in [-0.2, 0) is 11.3 Å². The molecule has 0 aliphatic heterocycles. The molecule has 1 aromatic heterocycles. The van der Waals surface area contributed by atoms with Crippen LogP contribution < -0.4 is 5.32 Å². The number of rotatable bonds is 7. The largest absolute Gasteiger partial charge is 0.355 e. The molecule has 0 aliphatic rings. The van der Waals surface area contributed by atoms with Crippen molar-refractivity contribution in [2.24, 2.45) is 0 Å². The van der Waals surface area contributed by atoms with Crippen molar-refractivity contribution >= 4 is 5.91 Å². The van der Waals surface area contributed by atoms with Gasteiger partial charge in [-0.15, -0.1) is 0 Å². The van der Waals surface area contributed by atoms with E-state index in [-0.39, 0.29) is 5.91 Å². The van der Waals surface area contributed by atoms with Gasteiger partial charge in [-0.25, -0.2) is 4.98 Å². The Morgan fingerprint density at radius 3 is 2.68 bits per heavy atom. The van der Waals surface area contributed by atoms with Gasteiger partial charge in [-0.2, -0.15) is 0 Å². The quantitative estimate of drug-likeness (QED) is 0.849. The maximum absolute atomic E-state index is 11.0. The molecule has 1 heterocycles. The van der Waals surface area contributed by atoms with Crippen LogP contribution in [0.3, 0.4) is 0 Å². The van der Waals surface area contributed by atoms with Crippen molar-refractivity contribution in [3.8, 4) is 11.3 Å². The van der Waals surface area contributed by atoms with Crippen LogP contribution in [0, 0.1) is 0 Å². The Hall–Kier alpha value is -2.10. The Bertz CT molecular complexity index is 604. The van der Waals surface area contributed by atoms with Gasteiger partial charge in [-0.05, 0) is 12.3 Å². The molecule has 118 valence electrons. The average Bonchev–Trinajstić information content (AvgIpc) is 2.92. The first-order chi connectivity index (χ1) is 10.6. The maximum atomic E-state index is 11.0. The summed E-state index contributed by atoms with van der Waals surface area (Å²) in [6.07, 6.45) is 4.17. The van der Waals surface area contributed by atoms with Gasteiger partial charge in [0.05, 0.1) is 12.0 Å². The van der Waals surface area contributed by atoms with E-state index in [2.05, 4.69) is 40.8 Å². The number of imidazole rings is 1. The Morgan fingerprint density at radius 1 is 1.32 bits per heavy atom. The van der Waals surface area contributed by atoms with Crippen molar-refractivity contribution < 1.29 is 4.79 Å². The van der Waals surface area contributed by atoms with E-state index in [0.717, 1.165) is 30.6 Å². The number of carbonyl (C=O) groups is 1. The molecule has 0 unspecified atom stereocenters. The lowest BCUT2D eigenvalue weighted by Gasteiger charge is -2.16. The Balaban J connectivity index is 2.29. The van der Waals surface area contributed by atoms with Gasteiger partial charge in [0.1, 0.15) is 0 Å². The number of hydrogen-bond acceptors (Lipinski definition) is 2. The summed E-state index contributed by atoms with van der Waals surface area (Å²) in [7, 11) is 0. The topological polar surface area (TPSA) is 46.9 Å². The standard InChI is InChI=1S/C18H25N3O/c1-4-8-14(2)18-17(16-9-6-5-7-10-16)20-13-21(18)12-11-19-15(3)22/h5-7,9-10,13-14H,4,8,11-12H2,1-3H3,(H,19,22)/t14-/m0/s1. The molecule has 2 rings (SSSR count). The lowest BCUT2D eigenvalue weighted by molar-refractivity contribution is -0.118. The smallest absolute Gasteiger partial charge is 0.216 e. The first kappa shape index (κ1) is 16.3. The summed E-state index contributed by atoms with van der Waals surface area (Å²) in [5.41, 5.74) is 3.47. The molecule has 4 heteroatoms. The van der Waals surface area contributed by atoms with Gasteiger partial charge in [-0.3, -0.25) is 4.79 Å². The molecule has 1 amide bonds. The molecule has 1 N–H and O–H groups in total. The van der Waals surface area contributed by atoms with E-state index in [1.807, 2.05) is 24.5 Å². The Labute approximate surface area is 132 Å². The fourth-order valence-electron chi connectivity index (χ4n) is 2.83. The van der Waals surface area contributed by atoms with Crippen molar-refractivity contribution in [3.05, 3.63) is 42.4 Å². The molecule has 0 saturated heterocycles. The van der Waals surface area contributed by atoms with Crippen molar-refractivity contribution in [2.75, 3.05) is 6.54 Å². The SMILES string of the molecule is CCC[C@H](C)c1c(-c2ccccc2)ncn1CCNC(C)=O. The first-order valence-electron chi connectivity index (χ1n) is 7.98. The van der Waals surface area contributed by atoms with E-state index < -0.39 is 0 Å². The number of nitrogens with one attached hydrogen (secondary N) is 1. The van der Waals surface area contributed by atoms with Crippen molar-refractivity contribution in [2.45, 2.75) is 46.1 Å².